The number of rotatable bonds is 4. The monoisotopic (exact) mass is 508 g/mol. The van der Waals surface area contributed by atoms with Gasteiger partial charge in [0, 0.05) is 37.1 Å². The first kappa shape index (κ1) is 24.9. The summed E-state index contributed by atoms with van der Waals surface area (Å²) in [6.07, 6.45) is 14.1. The van der Waals surface area contributed by atoms with Crippen molar-refractivity contribution in [1.82, 2.24) is 14.5 Å². The van der Waals surface area contributed by atoms with E-state index in [1.165, 1.54) is 64.9 Å². The number of aromatic nitrogens is 2. The molecule has 1 aromatic carbocycles. The van der Waals surface area contributed by atoms with Gasteiger partial charge in [-0.2, -0.15) is 0 Å². The van der Waals surface area contributed by atoms with Gasteiger partial charge in [-0.25, -0.2) is 9.78 Å². The van der Waals surface area contributed by atoms with Crippen LogP contribution in [0, 0.1) is 0 Å². The molecule has 1 saturated carbocycles. The number of carbonyl (C=O) groups is 1. The maximum absolute atomic E-state index is 14.1. The summed E-state index contributed by atoms with van der Waals surface area (Å²) >= 11 is 0. The van der Waals surface area contributed by atoms with Crippen molar-refractivity contribution in [1.29, 1.82) is 0 Å². The Morgan fingerprint density at radius 1 is 0.973 bits per heavy atom. The number of hydrogen-bond acceptors (Lipinski definition) is 7. The highest BCUT2D eigenvalue weighted by molar-refractivity contribution is 5.81. The van der Waals surface area contributed by atoms with Gasteiger partial charge >= 0.3 is 5.97 Å². The van der Waals surface area contributed by atoms with Crippen molar-refractivity contribution in [3.63, 3.8) is 0 Å². The Hall–Kier alpha value is -2.45. The molecule has 6 rings (SSSR count). The molecule has 37 heavy (non-hydrogen) atoms. The first-order valence-electron chi connectivity index (χ1n) is 14.3. The molecule has 4 atom stereocenters. The van der Waals surface area contributed by atoms with Gasteiger partial charge in [-0.1, -0.05) is 44.2 Å². The van der Waals surface area contributed by atoms with Crippen molar-refractivity contribution in [2.45, 2.75) is 107 Å². The summed E-state index contributed by atoms with van der Waals surface area (Å²) in [6, 6.07) is 9.77. The van der Waals surface area contributed by atoms with Crippen LogP contribution in [0.3, 0.4) is 0 Å². The third-order valence-electron chi connectivity index (χ3n) is 9.52. The number of fused-ring (bicyclic) bond motifs is 3. The van der Waals surface area contributed by atoms with Crippen molar-refractivity contribution in [2.24, 2.45) is 0 Å². The van der Waals surface area contributed by atoms with E-state index >= 15 is 0 Å². The highest BCUT2D eigenvalue weighted by atomic mass is 16.5. The highest BCUT2D eigenvalue weighted by Gasteiger charge is 2.47. The zero-order valence-corrected chi connectivity index (χ0v) is 22.0. The zero-order chi connectivity index (χ0) is 25.6. The third-order valence-corrected chi connectivity index (χ3v) is 9.52. The molecule has 4 aliphatic rings. The van der Waals surface area contributed by atoms with Gasteiger partial charge < -0.3 is 19.3 Å². The topological polar surface area (TPSA) is 87.9 Å². The summed E-state index contributed by atoms with van der Waals surface area (Å²) in [4.78, 5) is 35.6. The van der Waals surface area contributed by atoms with Crippen molar-refractivity contribution in [2.75, 3.05) is 25.1 Å². The largest absolute Gasteiger partial charge is 0.467 e. The van der Waals surface area contributed by atoms with Gasteiger partial charge in [0.25, 0.3) is 5.56 Å². The molecule has 0 radical (unpaired) electrons. The van der Waals surface area contributed by atoms with E-state index in [9.17, 15) is 14.7 Å². The van der Waals surface area contributed by atoms with Gasteiger partial charge in [-0.3, -0.25) is 9.69 Å². The SMILES string of the molecule is COC(=O)C1(O)CCN(c2nc3ccccc3n(C3CC4CC[C@@H](C3)N4C3CCCCCCC3)c2=O)C1. The molecule has 0 spiro atoms. The molecule has 3 aliphatic heterocycles. The van der Waals surface area contributed by atoms with E-state index in [1.807, 2.05) is 28.8 Å². The highest BCUT2D eigenvalue weighted by Crippen LogP contribution is 2.44. The van der Waals surface area contributed by atoms with Gasteiger partial charge in [0.05, 0.1) is 24.7 Å². The summed E-state index contributed by atoms with van der Waals surface area (Å²) in [5, 5.41) is 10.8. The minimum Gasteiger partial charge on any atom is -0.467 e. The lowest BCUT2D eigenvalue weighted by molar-refractivity contribution is -0.159. The van der Waals surface area contributed by atoms with Gasteiger partial charge in [0.1, 0.15) is 0 Å². The van der Waals surface area contributed by atoms with E-state index in [4.69, 9.17) is 9.72 Å². The van der Waals surface area contributed by atoms with Crippen molar-refractivity contribution >= 4 is 22.8 Å². The number of hydrogen-bond donors (Lipinski definition) is 1. The third kappa shape index (κ3) is 4.46. The van der Waals surface area contributed by atoms with Crippen LogP contribution in [-0.2, 0) is 9.53 Å². The summed E-state index contributed by atoms with van der Waals surface area (Å²) in [5.41, 5.74) is -0.0685. The Morgan fingerprint density at radius 2 is 1.65 bits per heavy atom. The summed E-state index contributed by atoms with van der Waals surface area (Å²) in [6.45, 7) is 0.406. The average Bonchev–Trinajstić information content (AvgIpc) is 3.40. The first-order chi connectivity index (χ1) is 18.0. The minimum atomic E-state index is -1.61. The number of anilines is 1. The average molecular weight is 509 g/mol. The van der Waals surface area contributed by atoms with Crippen molar-refractivity contribution in [3.05, 3.63) is 34.6 Å². The first-order valence-corrected chi connectivity index (χ1v) is 14.3. The molecule has 200 valence electrons. The van der Waals surface area contributed by atoms with Crippen LogP contribution in [0.1, 0.15) is 83.1 Å². The molecule has 3 unspecified atom stereocenters. The molecule has 2 aromatic rings. The molecular weight excluding hydrogens is 468 g/mol. The van der Waals surface area contributed by atoms with Crippen LogP contribution < -0.4 is 10.5 Å². The Labute approximate surface area is 218 Å². The van der Waals surface area contributed by atoms with Crippen LogP contribution in [-0.4, -0.2) is 69.5 Å². The Kier molecular flexibility index (Phi) is 6.74. The van der Waals surface area contributed by atoms with E-state index in [0.29, 0.717) is 30.5 Å². The number of para-hydroxylation sites is 2. The lowest BCUT2D eigenvalue weighted by Crippen LogP contribution is -2.50. The molecule has 2 bridgehead atoms. The van der Waals surface area contributed by atoms with Gasteiger partial charge in [0.2, 0.25) is 0 Å². The molecule has 4 heterocycles. The molecule has 8 heteroatoms. The second kappa shape index (κ2) is 10.0. The number of aliphatic hydroxyl groups is 1. The molecule has 1 aliphatic carbocycles. The Bertz CT molecular complexity index is 1190. The number of esters is 1. The maximum Gasteiger partial charge on any atom is 0.339 e. The molecule has 0 amide bonds. The molecule has 4 fully saturated rings. The fourth-order valence-electron chi connectivity index (χ4n) is 7.77. The lowest BCUT2D eigenvalue weighted by atomic mass is 9.89. The second-order valence-electron chi connectivity index (χ2n) is 11.8. The van der Waals surface area contributed by atoms with Crippen LogP contribution in [0.25, 0.3) is 11.0 Å². The Balaban J connectivity index is 1.32. The van der Waals surface area contributed by atoms with Crippen LogP contribution >= 0.6 is 0 Å². The fourth-order valence-corrected chi connectivity index (χ4v) is 7.77. The fraction of sp³-hybridized carbons (Fsp3) is 0.690. The number of benzene rings is 1. The standard InChI is InChI=1S/C29H40N4O4/c1-37-28(35)29(36)15-16-31(19-29)26-27(34)33(25-12-8-7-11-24(25)30-26)23-17-21-13-14-22(18-23)32(21)20-9-5-3-2-4-6-10-20/h7-8,11-12,20-23,36H,2-6,9-10,13-19H2,1H3/t21-,22?,23?,29?/m0/s1. The zero-order valence-electron chi connectivity index (χ0n) is 22.0. The van der Waals surface area contributed by atoms with E-state index in [2.05, 4.69) is 4.90 Å². The van der Waals surface area contributed by atoms with Crippen LogP contribution in [0.4, 0.5) is 5.82 Å². The number of nitrogens with zero attached hydrogens (tertiary/aromatic N) is 4. The number of ether oxygens (including phenoxy) is 1. The predicted molar refractivity (Wildman–Crippen MR) is 143 cm³/mol. The molecule has 1 aromatic heterocycles. The predicted octanol–water partition coefficient (Wildman–Crippen LogP) is 3.79. The maximum atomic E-state index is 14.1. The Morgan fingerprint density at radius 3 is 2.35 bits per heavy atom. The van der Waals surface area contributed by atoms with Crippen molar-refractivity contribution in [3.8, 4) is 0 Å². The molecule has 1 N–H and O–H groups in total. The molecule has 8 nitrogen and oxygen atoms in total. The summed E-state index contributed by atoms with van der Waals surface area (Å²) < 4.78 is 6.82. The van der Waals surface area contributed by atoms with Crippen LogP contribution in [0.5, 0.6) is 0 Å². The number of β-amino-alcohol motifs (C(OH)–C–C–N with tert-alkyl or cyclic N) is 1. The minimum absolute atomic E-state index is 0.0195. The van der Waals surface area contributed by atoms with Crippen LogP contribution in [0.15, 0.2) is 29.1 Å². The van der Waals surface area contributed by atoms with E-state index in [-0.39, 0.29) is 24.6 Å². The quantitative estimate of drug-likeness (QED) is 0.629. The number of piperidine rings is 1. The van der Waals surface area contributed by atoms with Gasteiger partial charge in [-0.15, -0.1) is 0 Å². The van der Waals surface area contributed by atoms with Crippen molar-refractivity contribution < 1.29 is 14.6 Å². The van der Waals surface area contributed by atoms with Gasteiger partial charge in [0.15, 0.2) is 11.4 Å². The summed E-state index contributed by atoms with van der Waals surface area (Å²) in [7, 11) is 1.28. The van der Waals surface area contributed by atoms with E-state index in [0.717, 1.165) is 23.9 Å². The smallest absolute Gasteiger partial charge is 0.339 e. The molecule has 3 saturated heterocycles. The van der Waals surface area contributed by atoms with Crippen LogP contribution in [0.2, 0.25) is 0 Å². The summed E-state index contributed by atoms with van der Waals surface area (Å²) in [5.74, 6) is -0.331. The normalized spacial score (nSPS) is 31.4. The van der Waals surface area contributed by atoms with E-state index in [1.54, 1.807) is 4.90 Å². The van der Waals surface area contributed by atoms with E-state index < -0.39 is 11.6 Å². The van der Waals surface area contributed by atoms with Gasteiger partial charge in [-0.05, 0) is 50.7 Å². The number of methoxy groups -OCH3 is 1. The molecular formula is C29H40N4O4. The number of carbonyl (C=O) groups excluding carboxylic acids is 1. The lowest BCUT2D eigenvalue weighted by Gasteiger charge is -2.45. The second-order valence-corrected chi connectivity index (χ2v) is 11.8.